The van der Waals surface area contributed by atoms with Crippen molar-refractivity contribution >= 4 is 39.1 Å². The molecule has 0 spiro atoms. The highest BCUT2D eigenvalue weighted by atomic mass is 35.5. The fourth-order valence-corrected chi connectivity index (χ4v) is 2.90. The first-order valence-corrected chi connectivity index (χ1v) is 8.47. The Morgan fingerprint density at radius 1 is 1.30 bits per heavy atom. The molecule has 8 heteroatoms. The van der Waals surface area contributed by atoms with Crippen LogP contribution in [0.25, 0.3) is 0 Å². The number of nitrogens with one attached hydrogen (secondary N) is 2. The van der Waals surface area contributed by atoms with Crippen LogP contribution < -0.4 is 10.0 Å². The smallest absolute Gasteiger partial charge is 0.301 e. The molecule has 0 saturated heterocycles. The fourth-order valence-electron chi connectivity index (χ4n) is 1.52. The van der Waals surface area contributed by atoms with Crippen LogP contribution in [0.2, 0.25) is 10.0 Å². The molecule has 0 aliphatic heterocycles. The molecule has 0 amide bonds. The van der Waals surface area contributed by atoms with Crippen LogP contribution in [0, 0.1) is 0 Å². The molecule has 0 fully saturated rings. The van der Waals surface area contributed by atoms with Crippen molar-refractivity contribution in [3.63, 3.8) is 0 Å². The van der Waals surface area contributed by atoms with Crippen molar-refractivity contribution in [1.29, 1.82) is 0 Å². The van der Waals surface area contributed by atoms with E-state index in [-0.39, 0.29) is 10.7 Å². The third kappa shape index (κ3) is 5.10. The van der Waals surface area contributed by atoms with Crippen molar-refractivity contribution in [2.45, 2.75) is 13.3 Å². The van der Waals surface area contributed by atoms with E-state index >= 15 is 0 Å². The Labute approximate surface area is 130 Å². The van der Waals surface area contributed by atoms with Crippen LogP contribution in [-0.4, -0.2) is 39.4 Å². The van der Waals surface area contributed by atoms with E-state index in [1.165, 1.54) is 11.4 Å². The van der Waals surface area contributed by atoms with Crippen molar-refractivity contribution in [2.24, 2.45) is 0 Å². The standard InChI is InChI=1S/C12H19Cl2N3O2S/c1-3-15-8-5-9-17(2)20(18,19)16-11-7-4-6-10(13)12(11)14/h4,6-7,15-16H,3,5,8-9H2,1-2H3. The molecule has 2 N–H and O–H groups in total. The Bertz CT molecular complexity index is 538. The van der Waals surface area contributed by atoms with Gasteiger partial charge in [0.2, 0.25) is 0 Å². The third-order valence-electron chi connectivity index (χ3n) is 2.68. The van der Waals surface area contributed by atoms with Gasteiger partial charge in [0.05, 0.1) is 15.7 Å². The van der Waals surface area contributed by atoms with E-state index in [4.69, 9.17) is 23.2 Å². The number of benzene rings is 1. The van der Waals surface area contributed by atoms with Crippen LogP contribution in [0.1, 0.15) is 13.3 Å². The van der Waals surface area contributed by atoms with Gasteiger partial charge in [-0.15, -0.1) is 0 Å². The summed E-state index contributed by atoms with van der Waals surface area (Å²) in [5.74, 6) is 0. The summed E-state index contributed by atoms with van der Waals surface area (Å²) in [6.45, 7) is 4.06. The van der Waals surface area contributed by atoms with E-state index < -0.39 is 10.2 Å². The molecule has 1 aromatic rings. The summed E-state index contributed by atoms with van der Waals surface area (Å²) in [6.07, 6.45) is 0.731. The van der Waals surface area contributed by atoms with E-state index in [0.717, 1.165) is 19.5 Å². The maximum atomic E-state index is 12.1. The predicted octanol–water partition coefficient (Wildman–Crippen LogP) is 2.58. The van der Waals surface area contributed by atoms with E-state index in [0.29, 0.717) is 11.6 Å². The largest absolute Gasteiger partial charge is 0.317 e. The molecular weight excluding hydrogens is 321 g/mol. The van der Waals surface area contributed by atoms with Gasteiger partial charge in [0.15, 0.2) is 0 Å². The quantitative estimate of drug-likeness (QED) is 0.715. The second-order valence-corrected chi connectivity index (χ2v) is 6.80. The number of hydrogen-bond donors (Lipinski definition) is 2. The highest BCUT2D eigenvalue weighted by Crippen LogP contribution is 2.30. The molecule has 0 atom stereocenters. The Morgan fingerprint density at radius 2 is 2.00 bits per heavy atom. The van der Waals surface area contributed by atoms with Crippen molar-refractivity contribution in [3.05, 3.63) is 28.2 Å². The van der Waals surface area contributed by atoms with Gasteiger partial charge in [0.25, 0.3) is 0 Å². The first kappa shape index (κ1) is 17.5. The van der Waals surface area contributed by atoms with Gasteiger partial charge in [0.1, 0.15) is 0 Å². The number of rotatable bonds is 8. The molecule has 0 bridgehead atoms. The predicted molar refractivity (Wildman–Crippen MR) is 84.8 cm³/mol. The summed E-state index contributed by atoms with van der Waals surface area (Å²) >= 11 is 11.8. The molecule has 20 heavy (non-hydrogen) atoms. The molecule has 0 heterocycles. The monoisotopic (exact) mass is 339 g/mol. The molecule has 0 aliphatic rings. The minimum Gasteiger partial charge on any atom is -0.317 e. The summed E-state index contributed by atoms with van der Waals surface area (Å²) in [5, 5.41) is 3.64. The summed E-state index contributed by atoms with van der Waals surface area (Å²) in [6, 6.07) is 4.80. The van der Waals surface area contributed by atoms with Gasteiger partial charge in [-0.05, 0) is 31.6 Å². The average molecular weight is 340 g/mol. The lowest BCUT2D eigenvalue weighted by atomic mass is 10.3. The molecule has 5 nitrogen and oxygen atoms in total. The van der Waals surface area contributed by atoms with E-state index in [2.05, 4.69) is 10.0 Å². The number of anilines is 1. The second kappa shape index (κ2) is 8.05. The van der Waals surface area contributed by atoms with Gasteiger partial charge in [-0.3, -0.25) is 4.72 Å². The van der Waals surface area contributed by atoms with Gasteiger partial charge >= 0.3 is 10.2 Å². The Kier molecular flexibility index (Phi) is 7.05. The molecule has 0 unspecified atom stereocenters. The summed E-state index contributed by atoms with van der Waals surface area (Å²) in [4.78, 5) is 0. The first-order valence-electron chi connectivity index (χ1n) is 6.27. The summed E-state index contributed by atoms with van der Waals surface area (Å²) < 4.78 is 27.9. The minimum absolute atomic E-state index is 0.193. The molecule has 1 aromatic carbocycles. The van der Waals surface area contributed by atoms with Crippen molar-refractivity contribution in [3.8, 4) is 0 Å². The average Bonchev–Trinajstić information content (AvgIpc) is 2.39. The third-order valence-corrected chi connectivity index (χ3v) is 4.98. The molecule has 1 rings (SSSR count). The van der Waals surface area contributed by atoms with Crippen molar-refractivity contribution < 1.29 is 8.42 Å². The van der Waals surface area contributed by atoms with Crippen LogP contribution in [0.4, 0.5) is 5.69 Å². The van der Waals surface area contributed by atoms with Crippen molar-refractivity contribution in [1.82, 2.24) is 9.62 Å². The Balaban J connectivity index is 2.67. The molecule has 0 aliphatic carbocycles. The molecule has 0 aromatic heterocycles. The SMILES string of the molecule is CCNCCCN(C)S(=O)(=O)Nc1cccc(Cl)c1Cl. The summed E-state index contributed by atoms with van der Waals surface area (Å²) in [5.41, 5.74) is 0.276. The topological polar surface area (TPSA) is 61.4 Å². The van der Waals surface area contributed by atoms with Gasteiger partial charge in [-0.25, -0.2) is 0 Å². The van der Waals surface area contributed by atoms with Crippen LogP contribution in [0.15, 0.2) is 18.2 Å². The number of nitrogens with zero attached hydrogens (tertiary/aromatic N) is 1. The number of hydrogen-bond acceptors (Lipinski definition) is 3. The number of halogens is 2. The normalized spacial score (nSPS) is 11.8. The van der Waals surface area contributed by atoms with E-state index in [1.807, 2.05) is 6.92 Å². The van der Waals surface area contributed by atoms with Gasteiger partial charge in [-0.2, -0.15) is 12.7 Å². The highest BCUT2D eigenvalue weighted by molar-refractivity contribution is 7.90. The zero-order chi connectivity index (χ0) is 15.2. The summed E-state index contributed by atoms with van der Waals surface area (Å²) in [7, 11) is -2.11. The minimum atomic E-state index is -3.63. The van der Waals surface area contributed by atoms with E-state index in [9.17, 15) is 8.42 Å². The molecule has 0 radical (unpaired) electrons. The van der Waals surface area contributed by atoms with Gasteiger partial charge < -0.3 is 5.32 Å². The lowest BCUT2D eigenvalue weighted by molar-refractivity contribution is 0.459. The van der Waals surface area contributed by atoms with Gasteiger partial charge in [0, 0.05) is 13.6 Å². The molecule has 114 valence electrons. The van der Waals surface area contributed by atoms with Crippen LogP contribution in [-0.2, 0) is 10.2 Å². The zero-order valence-corrected chi connectivity index (χ0v) is 13.8. The second-order valence-electron chi connectivity index (χ2n) is 4.24. The molecule has 0 saturated carbocycles. The zero-order valence-electron chi connectivity index (χ0n) is 11.5. The molecular formula is C12H19Cl2N3O2S. The van der Waals surface area contributed by atoms with Gasteiger partial charge in [-0.1, -0.05) is 36.2 Å². The maximum Gasteiger partial charge on any atom is 0.301 e. The first-order chi connectivity index (χ1) is 9.38. The van der Waals surface area contributed by atoms with Crippen LogP contribution in [0.5, 0.6) is 0 Å². The highest BCUT2D eigenvalue weighted by Gasteiger charge is 2.18. The lowest BCUT2D eigenvalue weighted by Crippen LogP contribution is -2.34. The van der Waals surface area contributed by atoms with E-state index in [1.54, 1.807) is 18.2 Å². The van der Waals surface area contributed by atoms with Crippen LogP contribution in [0.3, 0.4) is 0 Å². The Morgan fingerprint density at radius 3 is 2.65 bits per heavy atom. The fraction of sp³-hybridized carbons (Fsp3) is 0.500. The van der Waals surface area contributed by atoms with Crippen molar-refractivity contribution in [2.75, 3.05) is 31.4 Å². The lowest BCUT2D eigenvalue weighted by Gasteiger charge is -2.19. The van der Waals surface area contributed by atoms with Crippen LogP contribution >= 0.6 is 23.2 Å². The maximum absolute atomic E-state index is 12.1. The Hall–Kier alpha value is -0.530.